The van der Waals surface area contributed by atoms with Crippen LogP contribution in [0.2, 0.25) is 5.02 Å². The first-order chi connectivity index (χ1) is 16.5. The molecule has 0 atom stereocenters. The fourth-order valence-electron chi connectivity index (χ4n) is 2.86. The lowest BCUT2D eigenvalue weighted by molar-refractivity contribution is -0.136. The molecule has 0 saturated carbocycles. The highest BCUT2D eigenvalue weighted by atomic mass is 35.5. The molecule has 0 saturated heterocycles. The second kappa shape index (κ2) is 12.3. The van der Waals surface area contributed by atoms with Crippen LogP contribution in [-0.2, 0) is 16.2 Å². The second-order valence-electron chi connectivity index (χ2n) is 6.94. The Morgan fingerprint density at radius 1 is 0.971 bits per heavy atom. The van der Waals surface area contributed by atoms with Gasteiger partial charge in [0, 0.05) is 10.7 Å². The standard InChI is InChI=1S/C25H24ClN3O5/c1-3-33-23-14-17(7-12-22(23)34-16-18-5-4-6-19(26)13-18)15-27-29-25(31)24(30)28-20-8-10-21(32-2)11-9-20/h4-15H,3,16H2,1-2H3,(H,28,30)(H,29,31). The molecule has 9 heteroatoms. The van der Waals surface area contributed by atoms with E-state index in [0.29, 0.717) is 46.7 Å². The average Bonchev–Trinajstić information content (AvgIpc) is 2.84. The van der Waals surface area contributed by atoms with Gasteiger partial charge in [-0.3, -0.25) is 9.59 Å². The molecule has 0 radical (unpaired) electrons. The lowest BCUT2D eigenvalue weighted by Crippen LogP contribution is -2.32. The number of anilines is 1. The maximum atomic E-state index is 12.0. The number of amides is 2. The molecule has 3 rings (SSSR count). The van der Waals surface area contributed by atoms with Gasteiger partial charge < -0.3 is 19.5 Å². The Labute approximate surface area is 202 Å². The van der Waals surface area contributed by atoms with Gasteiger partial charge in [0.15, 0.2) is 11.5 Å². The van der Waals surface area contributed by atoms with Crippen molar-refractivity contribution < 1.29 is 23.8 Å². The molecule has 0 aliphatic heterocycles. The third kappa shape index (κ3) is 7.25. The number of hydrazone groups is 1. The van der Waals surface area contributed by atoms with Gasteiger partial charge in [-0.2, -0.15) is 5.10 Å². The monoisotopic (exact) mass is 481 g/mol. The van der Waals surface area contributed by atoms with E-state index in [1.165, 1.54) is 13.3 Å². The summed E-state index contributed by atoms with van der Waals surface area (Å²) in [6.45, 7) is 2.63. The number of rotatable bonds is 9. The van der Waals surface area contributed by atoms with E-state index >= 15 is 0 Å². The van der Waals surface area contributed by atoms with Crippen molar-refractivity contribution >= 4 is 35.3 Å². The van der Waals surface area contributed by atoms with Crippen LogP contribution in [0.25, 0.3) is 0 Å². The SMILES string of the molecule is CCOc1cc(C=NNC(=O)C(=O)Nc2ccc(OC)cc2)ccc1OCc1cccc(Cl)c1. The van der Waals surface area contributed by atoms with E-state index in [1.54, 1.807) is 48.5 Å². The van der Waals surface area contributed by atoms with Crippen LogP contribution in [0.3, 0.4) is 0 Å². The molecule has 3 aromatic carbocycles. The zero-order valence-electron chi connectivity index (χ0n) is 18.7. The average molecular weight is 482 g/mol. The molecule has 34 heavy (non-hydrogen) atoms. The number of nitrogens with one attached hydrogen (secondary N) is 2. The third-order valence-electron chi connectivity index (χ3n) is 4.48. The number of hydrogen-bond donors (Lipinski definition) is 2. The van der Waals surface area contributed by atoms with Crippen molar-refractivity contribution in [2.45, 2.75) is 13.5 Å². The van der Waals surface area contributed by atoms with E-state index in [1.807, 2.05) is 25.1 Å². The van der Waals surface area contributed by atoms with E-state index in [2.05, 4.69) is 15.8 Å². The zero-order valence-corrected chi connectivity index (χ0v) is 19.5. The Morgan fingerprint density at radius 2 is 1.76 bits per heavy atom. The molecular weight excluding hydrogens is 458 g/mol. The largest absolute Gasteiger partial charge is 0.497 e. The molecule has 0 spiro atoms. The van der Waals surface area contributed by atoms with Gasteiger partial charge >= 0.3 is 11.8 Å². The summed E-state index contributed by atoms with van der Waals surface area (Å²) in [5.74, 6) is -0.0288. The van der Waals surface area contributed by atoms with Crippen LogP contribution < -0.4 is 25.0 Å². The highest BCUT2D eigenvalue weighted by Crippen LogP contribution is 2.29. The van der Waals surface area contributed by atoms with Gasteiger partial charge in [-0.15, -0.1) is 0 Å². The molecule has 8 nitrogen and oxygen atoms in total. The van der Waals surface area contributed by atoms with Crippen molar-refractivity contribution in [1.29, 1.82) is 0 Å². The van der Waals surface area contributed by atoms with Gasteiger partial charge in [0.2, 0.25) is 0 Å². The van der Waals surface area contributed by atoms with Crippen LogP contribution >= 0.6 is 11.6 Å². The van der Waals surface area contributed by atoms with Gasteiger partial charge in [-0.1, -0.05) is 23.7 Å². The maximum absolute atomic E-state index is 12.0. The predicted octanol–water partition coefficient (Wildman–Crippen LogP) is 4.42. The Morgan fingerprint density at radius 3 is 2.47 bits per heavy atom. The Hall–Kier alpha value is -4.04. The van der Waals surface area contributed by atoms with Crippen molar-refractivity contribution in [3.63, 3.8) is 0 Å². The topological polar surface area (TPSA) is 98.2 Å². The zero-order chi connectivity index (χ0) is 24.3. The molecule has 0 aliphatic rings. The lowest BCUT2D eigenvalue weighted by atomic mass is 10.2. The minimum Gasteiger partial charge on any atom is -0.497 e. The fourth-order valence-corrected chi connectivity index (χ4v) is 3.07. The number of methoxy groups -OCH3 is 1. The number of halogens is 1. The van der Waals surface area contributed by atoms with Crippen molar-refractivity contribution in [3.05, 3.63) is 82.9 Å². The van der Waals surface area contributed by atoms with E-state index in [4.69, 9.17) is 25.8 Å². The van der Waals surface area contributed by atoms with Crippen LogP contribution in [-0.4, -0.2) is 31.7 Å². The molecule has 2 amide bonds. The molecular formula is C25H24ClN3O5. The number of carbonyl (C=O) groups is 2. The van der Waals surface area contributed by atoms with Crippen LogP contribution in [0.15, 0.2) is 71.8 Å². The highest BCUT2D eigenvalue weighted by Gasteiger charge is 2.13. The van der Waals surface area contributed by atoms with E-state index in [0.717, 1.165) is 5.56 Å². The summed E-state index contributed by atoms with van der Waals surface area (Å²) in [6.07, 6.45) is 1.40. The molecule has 176 valence electrons. The van der Waals surface area contributed by atoms with Crippen LogP contribution in [0.5, 0.6) is 17.2 Å². The van der Waals surface area contributed by atoms with Crippen LogP contribution in [0.4, 0.5) is 5.69 Å². The second-order valence-corrected chi connectivity index (χ2v) is 7.38. The fraction of sp³-hybridized carbons (Fsp3) is 0.160. The van der Waals surface area contributed by atoms with Gasteiger partial charge in [-0.05, 0) is 72.6 Å². The number of nitrogens with zero attached hydrogens (tertiary/aromatic N) is 1. The third-order valence-corrected chi connectivity index (χ3v) is 4.72. The number of benzene rings is 3. The molecule has 2 N–H and O–H groups in total. The van der Waals surface area contributed by atoms with Gasteiger partial charge in [-0.25, -0.2) is 5.43 Å². The van der Waals surface area contributed by atoms with Crippen LogP contribution in [0.1, 0.15) is 18.1 Å². The molecule has 3 aromatic rings. The van der Waals surface area contributed by atoms with Crippen molar-refractivity contribution in [3.8, 4) is 17.2 Å². The molecule has 0 unspecified atom stereocenters. The summed E-state index contributed by atoms with van der Waals surface area (Å²) in [5.41, 5.74) is 4.23. The molecule has 0 aromatic heterocycles. The van der Waals surface area contributed by atoms with E-state index in [-0.39, 0.29) is 0 Å². The molecule has 0 aliphatic carbocycles. The Bertz CT molecular complexity index is 1170. The van der Waals surface area contributed by atoms with E-state index < -0.39 is 11.8 Å². The minimum atomic E-state index is -0.904. The highest BCUT2D eigenvalue weighted by molar-refractivity contribution is 6.39. The van der Waals surface area contributed by atoms with Gasteiger partial charge in [0.25, 0.3) is 0 Å². The molecule has 0 bridgehead atoms. The Kier molecular flexibility index (Phi) is 8.88. The Balaban J connectivity index is 1.58. The van der Waals surface area contributed by atoms with Gasteiger partial charge in [0.05, 0.1) is 19.9 Å². The summed E-state index contributed by atoms with van der Waals surface area (Å²) in [7, 11) is 1.54. The van der Waals surface area contributed by atoms with Gasteiger partial charge in [0.1, 0.15) is 12.4 Å². The first-order valence-corrected chi connectivity index (χ1v) is 10.8. The number of carbonyl (C=O) groups excluding carboxylic acids is 2. The van der Waals surface area contributed by atoms with E-state index in [9.17, 15) is 9.59 Å². The van der Waals surface area contributed by atoms with Crippen molar-refractivity contribution in [1.82, 2.24) is 5.43 Å². The summed E-state index contributed by atoms with van der Waals surface area (Å²) >= 11 is 6.02. The smallest absolute Gasteiger partial charge is 0.329 e. The summed E-state index contributed by atoms with van der Waals surface area (Å²) in [6, 6.07) is 19.2. The minimum absolute atomic E-state index is 0.327. The summed E-state index contributed by atoms with van der Waals surface area (Å²) < 4.78 is 16.6. The first-order valence-electron chi connectivity index (χ1n) is 10.4. The number of ether oxygens (including phenoxy) is 3. The first kappa shape index (κ1) is 24.6. The maximum Gasteiger partial charge on any atom is 0.329 e. The molecule has 0 fully saturated rings. The summed E-state index contributed by atoms with van der Waals surface area (Å²) in [4.78, 5) is 24.0. The van der Waals surface area contributed by atoms with Crippen molar-refractivity contribution in [2.24, 2.45) is 5.10 Å². The van der Waals surface area contributed by atoms with Crippen molar-refractivity contribution in [2.75, 3.05) is 19.0 Å². The lowest BCUT2D eigenvalue weighted by Gasteiger charge is -2.12. The number of hydrogen-bond acceptors (Lipinski definition) is 6. The molecule has 0 heterocycles. The predicted molar refractivity (Wildman–Crippen MR) is 131 cm³/mol. The quantitative estimate of drug-likeness (QED) is 0.268. The van der Waals surface area contributed by atoms with Crippen LogP contribution in [0, 0.1) is 0 Å². The summed E-state index contributed by atoms with van der Waals surface area (Å²) in [5, 5.41) is 6.97. The normalized spacial score (nSPS) is 10.6.